The van der Waals surface area contributed by atoms with Crippen LogP contribution in [0.5, 0.6) is 11.5 Å². The first-order chi connectivity index (χ1) is 12.6. The molecule has 2 nitrogen and oxygen atoms in total. The Labute approximate surface area is 157 Å². The van der Waals surface area contributed by atoms with Crippen molar-refractivity contribution in [3.8, 4) is 11.5 Å². The summed E-state index contributed by atoms with van der Waals surface area (Å²) in [5.41, 5.74) is 6.50. The second kappa shape index (κ2) is 8.16. The van der Waals surface area contributed by atoms with Gasteiger partial charge in [-0.15, -0.1) is 0 Å². The largest absolute Gasteiger partial charge is 0.508 e. The number of aromatic hydroxyl groups is 2. The summed E-state index contributed by atoms with van der Waals surface area (Å²) >= 11 is 0. The normalized spacial score (nSPS) is 20.3. The molecular formula is C24H32O2. The smallest absolute Gasteiger partial charge is 0.122 e. The first kappa shape index (κ1) is 18.8. The number of benzene rings is 2. The summed E-state index contributed by atoms with van der Waals surface area (Å²) in [7, 11) is 0. The molecule has 3 rings (SSSR count). The Morgan fingerprint density at radius 1 is 0.769 bits per heavy atom. The van der Waals surface area contributed by atoms with Crippen molar-refractivity contribution in [1.29, 1.82) is 0 Å². The molecule has 1 fully saturated rings. The zero-order valence-electron chi connectivity index (χ0n) is 16.4. The highest BCUT2D eigenvalue weighted by molar-refractivity contribution is 5.51. The molecule has 2 aromatic rings. The van der Waals surface area contributed by atoms with Crippen molar-refractivity contribution in [3.05, 3.63) is 58.1 Å². The molecule has 0 aliphatic heterocycles. The molecule has 0 radical (unpaired) electrons. The van der Waals surface area contributed by atoms with Gasteiger partial charge in [0.15, 0.2) is 0 Å². The van der Waals surface area contributed by atoms with E-state index in [0.717, 1.165) is 24.8 Å². The Balaban J connectivity index is 1.83. The Bertz CT molecular complexity index is 738. The fourth-order valence-electron chi connectivity index (χ4n) is 4.77. The van der Waals surface area contributed by atoms with Gasteiger partial charge in [0.05, 0.1) is 0 Å². The Morgan fingerprint density at radius 2 is 1.35 bits per heavy atom. The number of aryl methyl sites for hydroxylation is 1. The van der Waals surface area contributed by atoms with E-state index in [1.807, 2.05) is 0 Å². The van der Waals surface area contributed by atoms with E-state index >= 15 is 0 Å². The predicted molar refractivity (Wildman–Crippen MR) is 108 cm³/mol. The van der Waals surface area contributed by atoms with Gasteiger partial charge >= 0.3 is 0 Å². The van der Waals surface area contributed by atoms with Crippen molar-refractivity contribution in [2.45, 2.75) is 77.6 Å². The van der Waals surface area contributed by atoms with Gasteiger partial charge in [0, 0.05) is 0 Å². The van der Waals surface area contributed by atoms with E-state index in [9.17, 15) is 10.2 Å². The molecule has 0 amide bonds. The van der Waals surface area contributed by atoms with E-state index in [1.54, 1.807) is 12.1 Å². The topological polar surface area (TPSA) is 40.5 Å². The van der Waals surface area contributed by atoms with Crippen molar-refractivity contribution in [3.63, 3.8) is 0 Å². The molecule has 2 heteroatoms. The molecule has 140 valence electrons. The maximum atomic E-state index is 10.6. The fourth-order valence-corrected chi connectivity index (χ4v) is 4.77. The van der Waals surface area contributed by atoms with Crippen molar-refractivity contribution in [2.24, 2.45) is 0 Å². The summed E-state index contributed by atoms with van der Waals surface area (Å²) in [6.45, 7) is 6.50. The van der Waals surface area contributed by atoms with Crippen LogP contribution in [0.15, 0.2) is 30.3 Å². The van der Waals surface area contributed by atoms with Gasteiger partial charge in [0.25, 0.3) is 0 Å². The van der Waals surface area contributed by atoms with Crippen molar-refractivity contribution in [2.75, 3.05) is 0 Å². The molecular weight excluding hydrogens is 320 g/mol. The summed E-state index contributed by atoms with van der Waals surface area (Å²) in [5.74, 6) is 2.09. The summed E-state index contributed by atoms with van der Waals surface area (Å²) in [4.78, 5) is 0. The van der Waals surface area contributed by atoms with Crippen LogP contribution >= 0.6 is 0 Å². The fraction of sp³-hybridized carbons (Fsp3) is 0.500. The van der Waals surface area contributed by atoms with E-state index in [4.69, 9.17) is 0 Å². The first-order valence-electron chi connectivity index (χ1n) is 10.2. The van der Waals surface area contributed by atoms with Crippen LogP contribution in [0.25, 0.3) is 0 Å². The number of phenolic OH excluding ortho intramolecular Hbond substituents is 2. The van der Waals surface area contributed by atoms with E-state index in [-0.39, 0.29) is 0 Å². The molecule has 0 aromatic heterocycles. The standard InChI is InChI=1S/C24H32O2/c1-4-16-15-23(21(5-2)22(6-3)24(16)26)19-9-7-17(8-10-19)18-11-13-20(25)14-12-18/h11-15,17,19,25-26H,4-10H2,1-3H3. The average molecular weight is 353 g/mol. The van der Waals surface area contributed by atoms with Crippen molar-refractivity contribution < 1.29 is 10.2 Å². The number of rotatable bonds is 5. The number of phenols is 2. The van der Waals surface area contributed by atoms with Crippen LogP contribution in [-0.2, 0) is 19.3 Å². The highest BCUT2D eigenvalue weighted by Crippen LogP contribution is 2.44. The lowest BCUT2D eigenvalue weighted by molar-refractivity contribution is 0.393. The highest BCUT2D eigenvalue weighted by atomic mass is 16.3. The van der Waals surface area contributed by atoms with Gasteiger partial charge in [-0.05, 0) is 96.7 Å². The molecule has 2 aromatic carbocycles. The minimum atomic E-state index is 0.346. The molecule has 1 aliphatic carbocycles. The summed E-state index contributed by atoms with van der Waals surface area (Å²) in [6, 6.07) is 10.0. The van der Waals surface area contributed by atoms with E-state index in [1.165, 1.54) is 47.9 Å². The van der Waals surface area contributed by atoms with Gasteiger partial charge in [-0.25, -0.2) is 0 Å². The number of hydrogen-bond acceptors (Lipinski definition) is 2. The average Bonchev–Trinajstić information content (AvgIpc) is 2.68. The lowest BCUT2D eigenvalue weighted by Gasteiger charge is -2.31. The molecule has 1 saturated carbocycles. The molecule has 0 unspecified atom stereocenters. The van der Waals surface area contributed by atoms with E-state index in [2.05, 4.69) is 39.0 Å². The van der Waals surface area contributed by atoms with Crippen LogP contribution in [0.2, 0.25) is 0 Å². The minimum absolute atomic E-state index is 0.346. The van der Waals surface area contributed by atoms with Gasteiger partial charge in [0.1, 0.15) is 11.5 Å². The minimum Gasteiger partial charge on any atom is -0.508 e. The van der Waals surface area contributed by atoms with Gasteiger partial charge < -0.3 is 10.2 Å². The summed E-state index contributed by atoms with van der Waals surface area (Å²) < 4.78 is 0. The maximum Gasteiger partial charge on any atom is 0.122 e. The van der Waals surface area contributed by atoms with Crippen molar-refractivity contribution in [1.82, 2.24) is 0 Å². The van der Waals surface area contributed by atoms with Crippen LogP contribution < -0.4 is 0 Å². The van der Waals surface area contributed by atoms with Crippen LogP contribution in [0.1, 0.15) is 86.1 Å². The Kier molecular flexibility index (Phi) is 5.90. The zero-order valence-corrected chi connectivity index (χ0v) is 16.4. The van der Waals surface area contributed by atoms with Crippen molar-refractivity contribution >= 4 is 0 Å². The van der Waals surface area contributed by atoms with Crippen LogP contribution in [0, 0.1) is 0 Å². The SMILES string of the molecule is CCc1cc(C2CCC(c3ccc(O)cc3)CC2)c(CC)c(CC)c1O. The van der Waals surface area contributed by atoms with Gasteiger partial charge in [-0.3, -0.25) is 0 Å². The summed E-state index contributed by atoms with van der Waals surface area (Å²) in [5, 5.41) is 20.1. The third-order valence-corrected chi connectivity index (χ3v) is 6.25. The lowest BCUT2D eigenvalue weighted by atomic mass is 9.74. The molecule has 0 bridgehead atoms. The van der Waals surface area contributed by atoms with Crippen LogP contribution in [0.4, 0.5) is 0 Å². The predicted octanol–water partition coefficient (Wildman–Crippen LogP) is 6.23. The third-order valence-electron chi connectivity index (χ3n) is 6.25. The molecule has 0 spiro atoms. The second-order valence-electron chi connectivity index (χ2n) is 7.63. The quantitative estimate of drug-likeness (QED) is 0.670. The monoisotopic (exact) mass is 352 g/mol. The zero-order chi connectivity index (χ0) is 18.7. The van der Waals surface area contributed by atoms with E-state index in [0.29, 0.717) is 23.3 Å². The highest BCUT2D eigenvalue weighted by Gasteiger charge is 2.27. The maximum absolute atomic E-state index is 10.6. The molecule has 0 heterocycles. The molecule has 0 atom stereocenters. The van der Waals surface area contributed by atoms with Gasteiger partial charge in [0.2, 0.25) is 0 Å². The Morgan fingerprint density at radius 3 is 1.88 bits per heavy atom. The Hall–Kier alpha value is -1.96. The number of hydrogen-bond donors (Lipinski definition) is 2. The van der Waals surface area contributed by atoms with Gasteiger partial charge in [-0.2, -0.15) is 0 Å². The van der Waals surface area contributed by atoms with Crippen LogP contribution in [0.3, 0.4) is 0 Å². The van der Waals surface area contributed by atoms with E-state index < -0.39 is 0 Å². The van der Waals surface area contributed by atoms with Crippen LogP contribution in [-0.4, -0.2) is 10.2 Å². The molecule has 26 heavy (non-hydrogen) atoms. The van der Waals surface area contributed by atoms with Gasteiger partial charge in [-0.1, -0.05) is 39.0 Å². The molecule has 2 N–H and O–H groups in total. The first-order valence-corrected chi connectivity index (χ1v) is 10.2. The molecule has 0 saturated heterocycles. The third kappa shape index (κ3) is 3.60. The lowest BCUT2D eigenvalue weighted by Crippen LogP contribution is -2.15. The second-order valence-corrected chi connectivity index (χ2v) is 7.63. The molecule has 1 aliphatic rings. The summed E-state index contributed by atoms with van der Waals surface area (Å²) in [6.07, 6.45) is 7.58.